The Hall–Kier alpha value is -0.610. The summed E-state index contributed by atoms with van der Waals surface area (Å²) in [5, 5.41) is 3.32. The van der Waals surface area contributed by atoms with Gasteiger partial charge in [0.25, 0.3) is 0 Å². The minimum Gasteiger partial charge on any atom is -0.368 e. The Bertz CT molecular complexity index is 278. The van der Waals surface area contributed by atoms with Gasteiger partial charge in [0.1, 0.15) is 0 Å². The van der Waals surface area contributed by atoms with E-state index in [0.29, 0.717) is 6.04 Å². The zero-order valence-electron chi connectivity index (χ0n) is 11.0. The Morgan fingerprint density at radius 2 is 2.18 bits per heavy atom. The lowest BCUT2D eigenvalue weighted by Crippen LogP contribution is -2.44. The third kappa shape index (κ3) is 4.28. The molecular formula is C13H25N3O. The van der Waals surface area contributed by atoms with Gasteiger partial charge in [-0.25, -0.2) is 0 Å². The van der Waals surface area contributed by atoms with E-state index in [1.165, 1.54) is 19.3 Å². The molecule has 2 saturated carbocycles. The summed E-state index contributed by atoms with van der Waals surface area (Å²) >= 11 is 0. The first-order chi connectivity index (χ1) is 8.06. The summed E-state index contributed by atoms with van der Waals surface area (Å²) in [7, 11) is 2.14. The number of hydrogen-bond donors (Lipinski definition) is 2. The third-order valence-corrected chi connectivity index (χ3v) is 3.98. The lowest BCUT2D eigenvalue weighted by Gasteiger charge is -2.20. The number of carbonyl (C=O) groups is 1. The van der Waals surface area contributed by atoms with E-state index in [1.54, 1.807) is 0 Å². The Labute approximate surface area is 104 Å². The molecule has 0 aromatic carbocycles. The highest BCUT2D eigenvalue weighted by Gasteiger charge is 2.33. The third-order valence-electron chi connectivity index (χ3n) is 3.98. The summed E-state index contributed by atoms with van der Waals surface area (Å²) in [5.74, 6) is 1.57. The van der Waals surface area contributed by atoms with Crippen molar-refractivity contribution in [3.05, 3.63) is 0 Å². The van der Waals surface area contributed by atoms with Gasteiger partial charge in [-0.05, 0) is 51.1 Å². The van der Waals surface area contributed by atoms with Gasteiger partial charge in [0.15, 0.2) is 0 Å². The van der Waals surface area contributed by atoms with Gasteiger partial charge in [-0.2, -0.15) is 0 Å². The van der Waals surface area contributed by atoms with Crippen molar-refractivity contribution in [2.24, 2.45) is 17.6 Å². The van der Waals surface area contributed by atoms with Gasteiger partial charge < -0.3 is 16.0 Å². The van der Waals surface area contributed by atoms with Crippen LogP contribution in [0.3, 0.4) is 0 Å². The summed E-state index contributed by atoms with van der Waals surface area (Å²) in [6.07, 6.45) is 4.59. The minimum absolute atomic E-state index is 0.137. The van der Waals surface area contributed by atoms with Crippen LogP contribution in [0.4, 0.5) is 0 Å². The Morgan fingerprint density at radius 1 is 1.53 bits per heavy atom. The highest BCUT2D eigenvalue weighted by molar-refractivity contribution is 5.79. The Morgan fingerprint density at radius 3 is 2.65 bits per heavy atom. The summed E-state index contributed by atoms with van der Waals surface area (Å²) in [6, 6.07) is 0.405. The molecule has 2 aliphatic carbocycles. The van der Waals surface area contributed by atoms with E-state index in [4.69, 9.17) is 5.73 Å². The lowest BCUT2D eigenvalue weighted by atomic mass is 10.2. The number of primary amides is 1. The van der Waals surface area contributed by atoms with Crippen LogP contribution in [-0.2, 0) is 4.79 Å². The molecule has 98 valence electrons. The largest absolute Gasteiger partial charge is 0.368 e. The van der Waals surface area contributed by atoms with Gasteiger partial charge in [0.05, 0.1) is 6.04 Å². The summed E-state index contributed by atoms with van der Waals surface area (Å²) in [5.41, 5.74) is 5.41. The quantitative estimate of drug-likeness (QED) is 0.651. The average molecular weight is 239 g/mol. The van der Waals surface area contributed by atoms with Crippen LogP contribution in [0.25, 0.3) is 0 Å². The fourth-order valence-electron chi connectivity index (χ4n) is 2.34. The Balaban J connectivity index is 1.64. The first-order valence-electron chi connectivity index (χ1n) is 6.80. The molecule has 0 bridgehead atoms. The van der Waals surface area contributed by atoms with Crippen LogP contribution in [0.1, 0.15) is 32.6 Å². The maximum absolute atomic E-state index is 11.3. The molecule has 3 N–H and O–H groups in total. The maximum Gasteiger partial charge on any atom is 0.234 e. The second-order valence-electron chi connectivity index (χ2n) is 5.92. The molecule has 0 saturated heterocycles. The van der Waals surface area contributed by atoms with E-state index < -0.39 is 0 Å². The molecule has 4 heteroatoms. The van der Waals surface area contributed by atoms with Crippen LogP contribution < -0.4 is 11.1 Å². The molecule has 3 atom stereocenters. The van der Waals surface area contributed by atoms with E-state index in [9.17, 15) is 4.79 Å². The molecule has 0 aliphatic heterocycles. The molecular weight excluding hydrogens is 214 g/mol. The first-order valence-corrected chi connectivity index (χ1v) is 6.80. The van der Waals surface area contributed by atoms with Gasteiger partial charge >= 0.3 is 0 Å². The second kappa shape index (κ2) is 5.36. The van der Waals surface area contributed by atoms with E-state index in [0.717, 1.165) is 31.3 Å². The second-order valence-corrected chi connectivity index (χ2v) is 5.92. The fourth-order valence-corrected chi connectivity index (χ4v) is 2.34. The lowest BCUT2D eigenvalue weighted by molar-refractivity contribution is -0.120. The molecule has 1 amide bonds. The molecule has 0 heterocycles. The summed E-state index contributed by atoms with van der Waals surface area (Å²) in [6.45, 7) is 4.42. The maximum atomic E-state index is 11.3. The normalized spacial score (nSPS) is 29.4. The zero-order chi connectivity index (χ0) is 12.4. The molecule has 3 unspecified atom stereocenters. The monoisotopic (exact) mass is 239 g/mol. The van der Waals surface area contributed by atoms with Crippen molar-refractivity contribution in [3.8, 4) is 0 Å². The van der Waals surface area contributed by atoms with Crippen molar-refractivity contribution < 1.29 is 4.79 Å². The van der Waals surface area contributed by atoms with E-state index in [-0.39, 0.29) is 11.9 Å². The van der Waals surface area contributed by atoms with Gasteiger partial charge in [0.2, 0.25) is 5.91 Å². The molecule has 0 radical (unpaired) electrons. The van der Waals surface area contributed by atoms with Gasteiger partial charge in [0, 0.05) is 12.6 Å². The molecule has 2 rings (SSSR count). The smallest absolute Gasteiger partial charge is 0.234 e. The summed E-state index contributed by atoms with van der Waals surface area (Å²) < 4.78 is 0. The highest BCUT2D eigenvalue weighted by atomic mass is 16.1. The minimum atomic E-state index is -0.204. The topological polar surface area (TPSA) is 58.4 Å². The zero-order valence-corrected chi connectivity index (χ0v) is 11.0. The van der Waals surface area contributed by atoms with Crippen LogP contribution in [-0.4, -0.2) is 43.0 Å². The number of nitrogens with one attached hydrogen (secondary N) is 1. The number of nitrogens with zero attached hydrogens (tertiary/aromatic N) is 1. The number of nitrogens with two attached hydrogens (primary N) is 1. The number of rotatable bonds is 8. The molecule has 0 aromatic rings. The van der Waals surface area contributed by atoms with Crippen LogP contribution in [0, 0.1) is 11.8 Å². The highest BCUT2D eigenvalue weighted by Crippen LogP contribution is 2.37. The van der Waals surface area contributed by atoms with E-state index >= 15 is 0 Å². The number of hydrogen-bond acceptors (Lipinski definition) is 3. The van der Waals surface area contributed by atoms with Crippen molar-refractivity contribution >= 4 is 5.91 Å². The number of carbonyl (C=O) groups excluding carboxylic acids is 1. The predicted octanol–water partition coefficient (Wildman–Crippen LogP) is 0.570. The average Bonchev–Trinajstić information content (AvgIpc) is 3.13. The van der Waals surface area contributed by atoms with Gasteiger partial charge in [-0.1, -0.05) is 6.92 Å². The van der Waals surface area contributed by atoms with Gasteiger partial charge in [-0.3, -0.25) is 4.79 Å². The Kier molecular flexibility index (Phi) is 4.05. The van der Waals surface area contributed by atoms with E-state index in [2.05, 4.69) is 24.2 Å². The van der Waals surface area contributed by atoms with Gasteiger partial charge in [-0.15, -0.1) is 0 Å². The summed E-state index contributed by atoms with van der Waals surface area (Å²) in [4.78, 5) is 13.6. The standard InChI is InChI=1S/C13H25N3O/c1-9-7-10(9)8-16(2)6-5-12(13(14)17)15-11-3-4-11/h9-12,15H,3-8H2,1-2H3,(H2,14,17). The predicted molar refractivity (Wildman–Crippen MR) is 68.5 cm³/mol. The molecule has 4 nitrogen and oxygen atoms in total. The van der Waals surface area contributed by atoms with Crippen molar-refractivity contribution in [1.29, 1.82) is 0 Å². The van der Waals surface area contributed by atoms with E-state index in [1.807, 2.05) is 0 Å². The molecule has 2 fully saturated rings. The first kappa shape index (κ1) is 12.8. The molecule has 0 spiro atoms. The SMILES string of the molecule is CC1CC1CN(C)CCC(NC1CC1)C(N)=O. The van der Waals surface area contributed by atoms with Crippen molar-refractivity contribution in [2.75, 3.05) is 20.1 Å². The van der Waals surface area contributed by atoms with Crippen molar-refractivity contribution in [3.63, 3.8) is 0 Å². The fraction of sp³-hybridized carbons (Fsp3) is 0.923. The molecule has 2 aliphatic rings. The van der Waals surface area contributed by atoms with Crippen LogP contribution in [0.15, 0.2) is 0 Å². The van der Waals surface area contributed by atoms with Crippen LogP contribution in [0.2, 0.25) is 0 Å². The van der Waals surface area contributed by atoms with Crippen LogP contribution in [0.5, 0.6) is 0 Å². The van der Waals surface area contributed by atoms with Crippen LogP contribution >= 0.6 is 0 Å². The molecule has 0 aromatic heterocycles. The van der Waals surface area contributed by atoms with Crippen molar-refractivity contribution in [1.82, 2.24) is 10.2 Å². The van der Waals surface area contributed by atoms with Crippen molar-refractivity contribution in [2.45, 2.75) is 44.7 Å². The molecule has 17 heavy (non-hydrogen) atoms. The number of amides is 1.